The molecule has 0 heterocycles. The molecule has 0 aromatic heterocycles. The molecule has 0 radical (unpaired) electrons. The zero-order valence-electron chi connectivity index (χ0n) is 18.0. The van der Waals surface area contributed by atoms with E-state index in [4.69, 9.17) is 9.79 Å². The van der Waals surface area contributed by atoms with E-state index in [2.05, 4.69) is 11.4 Å². The maximum Gasteiger partial charge on any atom is 0.474 e. The van der Waals surface area contributed by atoms with E-state index in [9.17, 15) is 24.4 Å². The summed E-state index contributed by atoms with van der Waals surface area (Å²) in [4.78, 5) is 43.0. The van der Waals surface area contributed by atoms with Gasteiger partial charge in [0.15, 0.2) is 5.78 Å². The number of carbonyl (C=O) groups is 2. The molecule has 31 heavy (non-hydrogen) atoms. The van der Waals surface area contributed by atoms with Crippen molar-refractivity contribution in [3.8, 4) is 0 Å². The molecule has 0 aromatic carbocycles. The van der Waals surface area contributed by atoms with Crippen molar-refractivity contribution in [2.45, 2.75) is 58.8 Å². The second-order valence-electron chi connectivity index (χ2n) is 10.4. The topological polar surface area (TPSA) is 141 Å². The largest absolute Gasteiger partial charge is 0.474 e. The Morgan fingerprint density at radius 1 is 1.23 bits per heavy atom. The van der Waals surface area contributed by atoms with Crippen molar-refractivity contribution < 1.29 is 38.7 Å². The molecule has 0 aromatic rings. The molecule has 0 unspecified atom stereocenters. The van der Waals surface area contributed by atoms with Crippen molar-refractivity contribution in [3.05, 3.63) is 23.8 Å². The van der Waals surface area contributed by atoms with Gasteiger partial charge in [-0.05, 0) is 73.3 Å². The van der Waals surface area contributed by atoms with Gasteiger partial charge in [0.2, 0.25) is 5.78 Å². The summed E-state index contributed by atoms with van der Waals surface area (Å²) in [7, 11) is -5.28. The highest BCUT2D eigenvalue weighted by atomic mass is 31.2. The van der Waals surface area contributed by atoms with Gasteiger partial charge in [-0.2, -0.15) is 0 Å². The minimum absolute atomic E-state index is 0.0269. The van der Waals surface area contributed by atoms with Gasteiger partial charge in [0.1, 0.15) is 0 Å². The molecular weight excluding hydrogens is 423 g/mol. The van der Waals surface area contributed by atoms with E-state index in [1.165, 1.54) is 5.57 Å². The lowest BCUT2D eigenvalue weighted by Gasteiger charge is -2.57. The summed E-state index contributed by atoms with van der Waals surface area (Å²) in [5, 5.41) is 20.2. The molecule has 3 fully saturated rings. The maximum atomic E-state index is 13.1. The van der Waals surface area contributed by atoms with Crippen LogP contribution in [0.3, 0.4) is 0 Å². The summed E-state index contributed by atoms with van der Waals surface area (Å²) in [6.45, 7) is 6.05. The standard InChI is InChI=1S/C22H31O8P/c1-12-10-17-15-5-4-13-11-14(23)6-8-20(13,2)16(15)7-9-21(17,3)18(12)19(24)22(25,26)30-31(27,28)29/h6,8,11-12,15-18,25-26H,4-5,7,9-10H2,1-3H3,(H2,27,28,29)/t12-,15-,16+,17+,18-,20+,21+/m1/s1. The molecule has 172 valence electrons. The van der Waals surface area contributed by atoms with Crippen LogP contribution in [0.1, 0.15) is 52.9 Å². The predicted octanol–water partition coefficient (Wildman–Crippen LogP) is 2.47. The third-order valence-electron chi connectivity index (χ3n) is 8.75. The number of allylic oxidation sites excluding steroid dienone is 4. The van der Waals surface area contributed by atoms with Crippen molar-refractivity contribution >= 4 is 19.4 Å². The van der Waals surface area contributed by atoms with Crippen LogP contribution in [-0.4, -0.2) is 37.5 Å². The van der Waals surface area contributed by atoms with Gasteiger partial charge in [-0.15, -0.1) is 0 Å². The molecule has 0 saturated heterocycles. The lowest BCUT2D eigenvalue weighted by molar-refractivity contribution is -0.282. The highest BCUT2D eigenvalue weighted by molar-refractivity contribution is 7.46. The van der Waals surface area contributed by atoms with Gasteiger partial charge in [-0.1, -0.05) is 32.4 Å². The molecule has 0 aliphatic heterocycles. The van der Waals surface area contributed by atoms with Crippen LogP contribution in [0, 0.1) is 40.4 Å². The molecule has 4 aliphatic carbocycles. The molecule has 0 amide bonds. The lowest BCUT2D eigenvalue weighted by atomic mass is 9.47. The molecule has 0 spiro atoms. The summed E-state index contributed by atoms with van der Waals surface area (Å²) >= 11 is 0. The zero-order chi connectivity index (χ0) is 23.0. The fourth-order valence-electron chi connectivity index (χ4n) is 7.53. The number of phosphoric acid groups is 1. The van der Waals surface area contributed by atoms with E-state index in [0.717, 1.165) is 25.7 Å². The first kappa shape index (κ1) is 23.0. The fourth-order valence-corrected chi connectivity index (χ4v) is 7.96. The van der Waals surface area contributed by atoms with E-state index in [1.807, 2.05) is 19.9 Å². The summed E-state index contributed by atoms with van der Waals surface area (Å²) in [5.74, 6) is -4.76. The molecular formula is C22H31O8P. The fraction of sp³-hybridized carbons (Fsp3) is 0.727. The monoisotopic (exact) mass is 454 g/mol. The number of carbonyl (C=O) groups excluding carboxylic acids is 2. The SMILES string of the molecule is C[C@@H]1C[C@H]2[C@@H]3CCC4=CC(=O)C=C[C@]4(C)[C@H]3CC[C@]2(C)[C@H]1C(=O)C(O)(O)OP(=O)(O)O. The second kappa shape index (κ2) is 7.17. The average Bonchev–Trinajstić information content (AvgIpc) is 2.90. The molecule has 4 rings (SSSR count). The van der Waals surface area contributed by atoms with Crippen LogP contribution in [0.5, 0.6) is 0 Å². The van der Waals surface area contributed by atoms with Crippen molar-refractivity contribution in [2.24, 2.45) is 40.4 Å². The maximum absolute atomic E-state index is 13.1. The number of fused-ring (bicyclic) bond motifs is 5. The van der Waals surface area contributed by atoms with Gasteiger partial charge < -0.3 is 20.0 Å². The highest BCUT2D eigenvalue weighted by Gasteiger charge is 2.64. The number of aliphatic hydroxyl groups is 2. The smallest absolute Gasteiger partial charge is 0.337 e. The van der Waals surface area contributed by atoms with Crippen LogP contribution in [0.15, 0.2) is 23.8 Å². The molecule has 3 saturated carbocycles. The Labute approximate surface area is 181 Å². The Morgan fingerprint density at radius 3 is 2.55 bits per heavy atom. The number of hydrogen-bond acceptors (Lipinski definition) is 6. The minimum atomic E-state index is -5.28. The van der Waals surface area contributed by atoms with Crippen molar-refractivity contribution in [1.29, 1.82) is 0 Å². The minimum Gasteiger partial charge on any atom is -0.337 e. The third-order valence-corrected chi connectivity index (χ3v) is 9.24. The Hall–Kier alpha value is -1.15. The predicted molar refractivity (Wildman–Crippen MR) is 110 cm³/mol. The number of Topliss-reactive ketones (excluding diaryl/α,β-unsaturated/α-hetero) is 1. The number of hydrogen-bond donors (Lipinski definition) is 4. The normalized spacial score (nSPS) is 42.5. The van der Waals surface area contributed by atoms with E-state index in [-0.39, 0.29) is 23.0 Å². The molecule has 9 heteroatoms. The first-order valence-corrected chi connectivity index (χ1v) is 12.4. The number of ketones is 2. The van der Waals surface area contributed by atoms with Gasteiger partial charge in [0.05, 0.1) is 0 Å². The van der Waals surface area contributed by atoms with Gasteiger partial charge in [-0.3, -0.25) is 9.59 Å². The Kier molecular flexibility index (Phi) is 5.33. The van der Waals surface area contributed by atoms with Gasteiger partial charge >= 0.3 is 13.8 Å². The van der Waals surface area contributed by atoms with Crippen LogP contribution in [0.2, 0.25) is 0 Å². The molecule has 4 aliphatic rings. The first-order chi connectivity index (χ1) is 14.2. The van der Waals surface area contributed by atoms with Crippen molar-refractivity contribution in [2.75, 3.05) is 0 Å². The Balaban J connectivity index is 1.64. The highest BCUT2D eigenvalue weighted by Crippen LogP contribution is 2.67. The van der Waals surface area contributed by atoms with Crippen LogP contribution < -0.4 is 0 Å². The van der Waals surface area contributed by atoms with Crippen LogP contribution in [0.4, 0.5) is 0 Å². The van der Waals surface area contributed by atoms with Crippen LogP contribution in [0.25, 0.3) is 0 Å². The Bertz CT molecular complexity index is 916. The third kappa shape index (κ3) is 3.62. The summed E-state index contributed by atoms with van der Waals surface area (Å²) < 4.78 is 15.2. The summed E-state index contributed by atoms with van der Waals surface area (Å²) in [5.41, 5.74) is 0.451. The number of rotatable bonds is 4. The Morgan fingerprint density at radius 2 is 1.90 bits per heavy atom. The van der Waals surface area contributed by atoms with Gasteiger partial charge in [0.25, 0.3) is 0 Å². The molecule has 7 atom stereocenters. The molecule has 8 nitrogen and oxygen atoms in total. The van der Waals surface area contributed by atoms with Crippen LogP contribution >= 0.6 is 7.82 Å². The second-order valence-corrected chi connectivity index (χ2v) is 11.6. The van der Waals surface area contributed by atoms with Gasteiger partial charge in [-0.25, -0.2) is 9.09 Å². The van der Waals surface area contributed by atoms with E-state index in [1.54, 1.807) is 12.2 Å². The van der Waals surface area contributed by atoms with Crippen molar-refractivity contribution in [1.82, 2.24) is 0 Å². The average molecular weight is 454 g/mol. The number of phosphoric ester groups is 1. The van der Waals surface area contributed by atoms with Crippen LogP contribution in [-0.2, 0) is 18.7 Å². The molecule has 4 N–H and O–H groups in total. The quantitative estimate of drug-likeness (QED) is 0.375. The zero-order valence-corrected chi connectivity index (χ0v) is 18.9. The molecule has 0 bridgehead atoms. The van der Waals surface area contributed by atoms with Gasteiger partial charge in [0, 0.05) is 11.3 Å². The first-order valence-electron chi connectivity index (χ1n) is 10.9. The van der Waals surface area contributed by atoms with E-state index < -0.39 is 30.9 Å². The van der Waals surface area contributed by atoms with E-state index in [0.29, 0.717) is 18.3 Å². The van der Waals surface area contributed by atoms with E-state index >= 15 is 0 Å². The summed E-state index contributed by atoms with van der Waals surface area (Å²) in [6, 6.07) is 0. The van der Waals surface area contributed by atoms with Crippen molar-refractivity contribution in [3.63, 3.8) is 0 Å². The lowest BCUT2D eigenvalue weighted by Crippen LogP contribution is -2.53. The summed E-state index contributed by atoms with van der Waals surface area (Å²) in [6.07, 6.45) is 9.39.